The molecule has 0 unspecified atom stereocenters. The molecule has 1 aliphatic carbocycles. The van der Waals surface area contributed by atoms with E-state index in [1.807, 2.05) is 48.6 Å². The molecule has 3 aliphatic rings. The molecule has 22 heavy (non-hydrogen) atoms. The normalized spacial score (nSPS) is 33.2. The number of nitrogens with one attached hydrogen (secondary N) is 1. The van der Waals surface area contributed by atoms with E-state index in [9.17, 15) is 19.8 Å². The molecule has 1 aromatic rings. The molecule has 0 amide bonds. The number of aliphatic carboxylic acids is 2. The standard InChI is InChI=1S/C17H17NO4/c19-16(20)14-11-7-9-13(15(14)17(21)22)18-12(11)8-6-10-4-2-1-3-5-10/h1-9,11-15,18H,(H,19,20)(H,21,22)/b8-6+/t11-,12+,13+,14+,15-/m0/s1. The van der Waals surface area contributed by atoms with E-state index in [0.29, 0.717) is 0 Å². The van der Waals surface area contributed by atoms with E-state index in [2.05, 4.69) is 5.32 Å². The number of carboxylic acids is 2. The van der Waals surface area contributed by atoms with Crippen LogP contribution in [0.15, 0.2) is 48.6 Å². The zero-order valence-corrected chi connectivity index (χ0v) is 11.8. The molecular weight excluding hydrogens is 282 g/mol. The molecule has 3 N–H and O–H groups in total. The van der Waals surface area contributed by atoms with Crippen LogP contribution in [0.2, 0.25) is 0 Å². The third kappa shape index (κ3) is 2.55. The number of hydrogen-bond acceptors (Lipinski definition) is 3. The summed E-state index contributed by atoms with van der Waals surface area (Å²) in [6.45, 7) is 0. The van der Waals surface area contributed by atoms with E-state index < -0.39 is 29.8 Å². The van der Waals surface area contributed by atoms with Crippen molar-refractivity contribution >= 4 is 18.0 Å². The molecule has 5 nitrogen and oxygen atoms in total. The number of piperidine rings is 1. The number of hydrogen-bond donors (Lipinski definition) is 3. The fourth-order valence-electron chi connectivity index (χ4n) is 3.37. The lowest BCUT2D eigenvalue weighted by Crippen LogP contribution is -2.61. The quantitative estimate of drug-likeness (QED) is 0.736. The molecule has 2 heterocycles. The highest BCUT2D eigenvalue weighted by Crippen LogP contribution is 2.38. The van der Waals surface area contributed by atoms with Crippen LogP contribution in [-0.2, 0) is 9.59 Å². The maximum Gasteiger partial charge on any atom is 0.309 e. The Bertz CT molecular complexity index is 637. The average molecular weight is 299 g/mol. The molecule has 2 aliphatic heterocycles. The van der Waals surface area contributed by atoms with E-state index in [1.165, 1.54) is 0 Å². The Morgan fingerprint density at radius 2 is 1.68 bits per heavy atom. The largest absolute Gasteiger partial charge is 0.481 e. The Kier molecular flexibility index (Phi) is 3.81. The first-order valence-corrected chi connectivity index (χ1v) is 7.21. The predicted molar refractivity (Wildman–Crippen MR) is 81.1 cm³/mol. The summed E-state index contributed by atoms with van der Waals surface area (Å²) in [4.78, 5) is 22.9. The van der Waals surface area contributed by atoms with Crippen LogP contribution in [0.4, 0.5) is 0 Å². The molecule has 0 saturated carbocycles. The van der Waals surface area contributed by atoms with Crippen molar-refractivity contribution < 1.29 is 19.8 Å². The van der Waals surface area contributed by atoms with Crippen LogP contribution < -0.4 is 5.32 Å². The molecule has 1 aromatic carbocycles. The van der Waals surface area contributed by atoms with Crippen LogP contribution in [0, 0.1) is 17.8 Å². The molecule has 1 fully saturated rings. The molecular formula is C17H17NO4. The number of carbonyl (C=O) groups is 2. The van der Waals surface area contributed by atoms with Gasteiger partial charge in [0, 0.05) is 18.0 Å². The highest BCUT2D eigenvalue weighted by molar-refractivity contribution is 5.82. The third-order valence-electron chi connectivity index (χ3n) is 4.39. The predicted octanol–water partition coefficient (Wildman–Crippen LogP) is 1.63. The summed E-state index contributed by atoms with van der Waals surface area (Å²) >= 11 is 0. The average Bonchev–Trinajstić information content (AvgIpc) is 2.53. The van der Waals surface area contributed by atoms with E-state index in [0.717, 1.165) is 5.56 Å². The third-order valence-corrected chi connectivity index (χ3v) is 4.39. The lowest BCUT2D eigenvalue weighted by molar-refractivity contribution is -0.159. The highest BCUT2D eigenvalue weighted by Gasteiger charge is 2.51. The molecule has 5 atom stereocenters. The molecule has 5 heteroatoms. The first-order valence-electron chi connectivity index (χ1n) is 7.21. The smallest absolute Gasteiger partial charge is 0.309 e. The minimum Gasteiger partial charge on any atom is -0.481 e. The Hall–Kier alpha value is -2.40. The van der Waals surface area contributed by atoms with Gasteiger partial charge in [0.25, 0.3) is 0 Å². The Morgan fingerprint density at radius 3 is 2.32 bits per heavy atom. The molecule has 1 saturated heterocycles. The van der Waals surface area contributed by atoms with Crippen LogP contribution >= 0.6 is 0 Å². The fraction of sp³-hybridized carbons (Fsp3) is 0.294. The first-order chi connectivity index (χ1) is 10.6. The molecule has 2 bridgehead atoms. The number of rotatable bonds is 4. The van der Waals surface area contributed by atoms with Gasteiger partial charge in [-0.05, 0) is 5.56 Å². The van der Waals surface area contributed by atoms with Crippen LogP contribution in [0.1, 0.15) is 5.56 Å². The van der Waals surface area contributed by atoms with Gasteiger partial charge in [-0.25, -0.2) is 0 Å². The van der Waals surface area contributed by atoms with Crippen molar-refractivity contribution in [3.63, 3.8) is 0 Å². The number of fused-ring (bicyclic) bond motifs is 2. The Labute approximate surface area is 128 Å². The Balaban J connectivity index is 1.85. The monoisotopic (exact) mass is 299 g/mol. The highest BCUT2D eigenvalue weighted by atomic mass is 16.4. The van der Waals surface area contributed by atoms with Gasteiger partial charge in [0.15, 0.2) is 0 Å². The lowest BCUT2D eigenvalue weighted by atomic mass is 9.66. The topological polar surface area (TPSA) is 86.6 Å². The summed E-state index contributed by atoms with van der Waals surface area (Å²) in [5, 5.41) is 22.0. The maximum absolute atomic E-state index is 11.5. The summed E-state index contributed by atoms with van der Waals surface area (Å²) < 4.78 is 0. The van der Waals surface area contributed by atoms with Crippen molar-refractivity contribution in [1.82, 2.24) is 5.32 Å². The molecule has 0 radical (unpaired) electrons. The molecule has 114 valence electrons. The first kappa shape index (κ1) is 14.5. The lowest BCUT2D eigenvalue weighted by Gasteiger charge is -2.45. The maximum atomic E-state index is 11.5. The Morgan fingerprint density at radius 1 is 1.00 bits per heavy atom. The molecule has 0 spiro atoms. The van der Waals surface area contributed by atoms with Gasteiger partial charge in [-0.2, -0.15) is 0 Å². The summed E-state index contributed by atoms with van der Waals surface area (Å²) in [6, 6.07) is 9.09. The second-order valence-electron chi connectivity index (χ2n) is 5.68. The van der Waals surface area contributed by atoms with Crippen LogP contribution in [0.3, 0.4) is 0 Å². The van der Waals surface area contributed by atoms with Crippen LogP contribution in [0.5, 0.6) is 0 Å². The summed E-state index contributed by atoms with van der Waals surface area (Å²) in [5.41, 5.74) is 1.02. The van der Waals surface area contributed by atoms with Crippen molar-refractivity contribution in [3.05, 3.63) is 54.1 Å². The molecule has 0 aromatic heterocycles. The zero-order valence-electron chi connectivity index (χ0n) is 11.8. The van der Waals surface area contributed by atoms with Gasteiger partial charge >= 0.3 is 11.9 Å². The van der Waals surface area contributed by atoms with Crippen molar-refractivity contribution in [2.75, 3.05) is 0 Å². The summed E-state index contributed by atoms with van der Waals surface area (Å²) in [6.07, 6.45) is 7.46. The number of carboxylic acid groups (broad SMARTS) is 2. The van der Waals surface area contributed by atoms with Gasteiger partial charge in [-0.1, -0.05) is 54.6 Å². The van der Waals surface area contributed by atoms with E-state index >= 15 is 0 Å². The van der Waals surface area contributed by atoms with Crippen molar-refractivity contribution in [2.24, 2.45) is 17.8 Å². The van der Waals surface area contributed by atoms with Gasteiger partial charge < -0.3 is 15.5 Å². The van der Waals surface area contributed by atoms with Gasteiger partial charge in [0.2, 0.25) is 0 Å². The second-order valence-corrected chi connectivity index (χ2v) is 5.68. The summed E-state index contributed by atoms with van der Waals surface area (Å²) in [5.74, 6) is -4.30. The van der Waals surface area contributed by atoms with Crippen LogP contribution in [0.25, 0.3) is 6.08 Å². The van der Waals surface area contributed by atoms with Gasteiger partial charge in [-0.3, -0.25) is 9.59 Å². The molecule has 4 rings (SSSR count). The number of benzene rings is 1. The van der Waals surface area contributed by atoms with Crippen molar-refractivity contribution in [2.45, 2.75) is 12.1 Å². The van der Waals surface area contributed by atoms with Crippen molar-refractivity contribution in [1.29, 1.82) is 0 Å². The van der Waals surface area contributed by atoms with Gasteiger partial charge in [-0.15, -0.1) is 0 Å². The summed E-state index contributed by atoms with van der Waals surface area (Å²) in [7, 11) is 0. The van der Waals surface area contributed by atoms with E-state index in [4.69, 9.17) is 0 Å². The minimum atomic E-state index is -1.07. The van der Waals surface area contributed by atoms with Gasteiger partial charge in [0.05, 0.1) is 11.8 Å². The van der Waals surface area contributed by atoms with Gasteiger partial charge in [0.1, 0.15) is 0 Å². The van der Waals surface area contributed by atoms with Crippen molar-refractivity contribution in [3.8, 4) is 0 Å². The zero-order chi connectivity index (χ0) is 15.7. The SMILES string of the molecule is O=C(O)[C@@H]1[C@H]2C=C[C@@H](N[C@@H]2/C=C/c2ccccc2)[C@@H]1C(=O)O. The van der Waals surface area contributed by atoms with Crippen LogP contribution in [-0.4, -0.2) is 34.2 Å². The minimum absolute atomic E-state index is 0.174. The van der Waals surface area contributed by atoms with E-state index in [-0.39, 0.29) is 12.0 Å². The van der Waals surface area contributed by atoms with E-state index in [1.54, 1.807) is 6.08 Å². The second kappa shape index (κ2) is 5.77. The fourth-order valence-corrected chi connectivity index (χ4v) is 3.37.